The van der Waals surface area contributed by atoms with Crippen molar-refractivity contribution in [2.24, 2.45) is 0 Å². The van der Waals surface area contributed by atoms with E-state index in [1.54, 1.807) is 6.92 Å². The van der Waals surface area contributed by atoms with Crippen molar-refractivity contribution in [1.29, 1.82) is 0 Å². The number of rotatable bonds is 4. The third-order valence-electron chi connectivity index (χ3n) is 3.80. The molecule has 0 aliphatic carbocycles. The fourth-order valence-corrected chi connectivity index (χ4v) is 2.54. The van der Waals surface area contributed by atoms with Crippen LogP contribution in [0.5, 0.6) is 23.0 Å². The summed E-state index contributed by atoms with van der Waals surface area (Å²) >= 11 is 0. The van der Waals surface area contributed by atoms with Crippen molar-refractivity contribution in [3.05, 3.63) is 57.8 Å². The molecule has 0 fully saturated rings. The molecular formula is C17H12F2N2O5. The van der Waals surface area contributed by atoms with Gasteiger partial charge in [-0.05, 0) is 13.0 Å². The van der Waals surface area contributed by atoms with Gasteiger partial charge in [0.25, 0.3) is 5.69 Å². The number of hydrogen-bond acceptors (Lipinski definition) is 6. The molecule has 0 unspecified atom stereocenters. The highest BCUT2D eigenvalue weighted by atomic mass is 19.1. The Morgan fingerprint density at radius 1 is 1.19 bits per heavy atom. The molecule has 0 saturated carbocycles. The maximum Gasteiger partial charge on any atom is 0.275 e. The van der Waals surface area contributed by atoms with Crippen LogP contribution in [-0.2, 0) is 0 Å². The number of benzene rings is 2. The normalized spacial score (nSPS) is 10.8. The number of pyridine rings is 1. The lowest BCUT2D eigenvalue weighted by molar-refractivity contribution is -0.385. The van der Waals surface area contributed by atoms with E-state index in [0.29, 0.717) is 28.6 Å². The van der Waals surface area contributed by atoms with Crippen LogP contribution in [0.4, 0.5) is 14.5 Å². The zero-order valence-corrected chi connectivity index (χ0v) is 13.6. The number of halogens is 2. The van der Waals surface area contributed by atoms with E-state index in [1.807, 2.05) is 0 Å². The lowest BCUT2D eigenvalue weighted by Gasteiger charge is -2.14. The zero-order valence-electron chi connectivity index (χ0n) is 13.6. The Morgan fingerprint density at radius 3 is 2.42 bits per heavy atom. The SMILES string of the molecule is COc1cc2nccc(Oc3c(F)cc([N+](=O)[O-])cc3F)c2c(C)c1O. The molecule has 134 valence electrons. The van der Waals surface area contributed by atoms with Crippen LogP contribution in [0.2, 0.25) is 0 Å². The van der Waals surface area contributed by atoms with Gasteiger partial charge in [-0.3, -0.25) is 15.1 Å². The molecule has 0 atom stereocenters. The number of phenols is 1. The fraction of sp³-hybridized carbons (Fsp3) is 0.118. The van der Waals surface area contributed by atoms with E-state index in [-0.39, 0.29) is 17.2 Å². The van der Waals surface area contributed by atoms with E-state index >= 15 is 0 Å². The van der Waals surface area contributed by atoms with Crippen LogP contribution in [0.3, 0.4) is 0 Å². The van der Waals surface area contributed by atoms with Crippen LogP contribution < -0.4 is 9.47 Å². The summed E-state index contributed by atoms with van der Waals surface area (Å²) in [5.74, 6) is -3.20. The van der Waals surface area contributed by atoms with E-state index < -0.39 is 28.0 Å². The molecule has 26 heavy (non-hydrogen) atoms. The smallest absolute Gasteiger partial charge is 0.275 e. The Hall–Kier alpha value is -3.49. The van der Waals surface area contributed by atoms with E-state index in [1.165, 1.54) is 25.4 Å². The van der Waals surface area contributed by atoms with Crippen molar-refractivity contribution in [3.63, 3.8) is 0 Å². The highest BCUT2D eigenvalue weighted by molar-refractivity contribution is 5.92. The molecule has 0 amide bonds. The van der Waals surface area contributed by atoms with Crippen molar-refractivity contribution in [2.45, 2.75) is 6.92 Å². The quantitative estimate of drug-likeness (QED) is 0.551. The first-order chi connectivity index (χ1) is 12.3. The van der Waals surface area contributed by atoms with Crippen LogP contribution in [0.15, 0.2) is 30.5 Å². The third-order valence-corrected chi connectivity index (χ3v) is 3.80. The van der Waals surface area contributed by atoms with Crippen molar-refractivity contribution >= 4 is 16.6 Å². The second-order valence-corrected chi connectivity index (χ2v) is 5.35. The molecule has 2 aromatic carbocycles. The van der Waals surface area contributed by atoms with Gasteiger partial charge in [0.1, 0.15) is 5.75 Å². The number of nitro groups is 1. The van der Waals surface area contributed by atoms with Crippen molar-refractivity contribution in [1.82, 2.24) is 4.98 Å². The van der Waals surface area contributed by atoms with Gasteiger partial charge in [0.05, 0.1) is 29.7 Å². The maximum absolute atomic E-state index is 14.1. The Morgan fingerprint density at radius 2 is 1.85 bits per heavy atom. The first-order valence-electron chi connectivity index (χ1n) is 7.30. The monoisotopic (exact) mass is 362 g/mol. The van der Waals surface area contributed by atoms with Crippen molar-refractivity contribution in [2.75, 3.05) is 7.11 Å². The van der Waals surface area contributed by atoms with E-state index in [2.05, 4.69) is 4.98 Å². The van der Waals surface area contributed by atoms with Gasteiger partial charge in [-0.25, -0.2) is 8.78 Å². The molecule has 3 aromatic rings. The molecule has 9 heteroatoms. The predicted octanol–water partition coefficient (Wildman–Crippen LogP) is 4.24. The fourth-order valence-electron chi connectivity index (χ4n) is 2.54. The zero-order chi connectivity index (χ0) is 19.0. The summed E-state index contributed by atoms with van der Waals surface area (Å²) in [4.78, 5) is 13.9. The van der Waals surface area contributed by atoms with Gasteiger partial charge in [-0.15, -0.1) is 0 Å². The number of ether oxygens (including phenoxy) is 2. The Bertz CT molecular complexity index is 1020. The molecule has 1 N–H and O–H groups in total. The molecule has 0 aliphatic heterocycles. The van der Waals surface area contributed by atoms with Crippen LogP contribution in [0.25, 0.3) is 10.9 Å². The largest absolute Gasteiger partial charge is 0.504 e. The summed E-state index contributed by atoms with van der Waals surface area (Å²) < 4.78 is 38.6. The minimum atomic E-state index is -1.22. The van der Waals surface area contributed by atoms with E-state index in [4.69, 9.17) is 9.47 Å². The minimum Gasteiger partial charge on any atom is -0.504 e. The van der Waals surface area contributed by atoms with Crippen LogP contribution in [-0.4, -0.2) is 22.1 Å². The Labute approximate surface area is 145 Å². The number of aromatic hydroxyl groups is 1. The van der Waals surface area contributed by atoms with Crippen LogP contribution in [0.1, 0.15) is 5.56 Å². The summed E-state index contributed by atoms with van der Waals surface area (Å²) in [6, 6.07) is 3.94. The van der Waals surface area contributed by atoms with Gasteiger partial charge >= 0.3 is 0 Å². The lowest BCUT2D eigenvalue weighted by atomic mass is 10.1. The highest BCUT2D eigenvalue weighted by Crippen LogP contribution is 2.41. The number of fused-ring (bicyclic) bond motifs is 1. The van der Waals surface area contributed by atoms with Gasteiger partial charge < -0.3 is 14.6 Å². The average Bonchev–Trinajstić information content (AvgIpc) is 2.60. The number of non-ortho nitro benzene ring substituents is 1. The summed E-state index contributed by atoms with van der Waals surface area (Å²) in [5, 5.41) is 21.2. The highest BCUT2D eigenvalue weighted by Gasteiger charge is 2.21. The molecule has 0 bridgehead atoms. The van der Waals surface area contributed by atoms with Gasteiger partial charge in [0.15, 0.2) is 28.9 Å². The summed E-state index contributed by atoms with van der Waals surface area (Å²) in [6.07, 6.45) is 1.36. The summed E-state index contributed by atoms with van der Waals surface area (Å²) in [5.41, 5.74) is -0.0203. The second kappa shape index (κ2) is 6.43. The van der Waals surface area contributed by atoms with Crippen molar-refractivity contribution in [3.8, 4) is 23.0 Å². The molecule has 0 aliphatic rings. The number of aryl methyl sites for hydroxylation is 1. The first-order valence-corrected chi connectivity index (χ1v) is 7.30. The lowest BCUT2D eigenvalue weighted by Crippen LogP contribution is -1.98. The minimum absolute atomic E-state index is 0.0251. The number of nitro benzene ring substituents is 1. The molecule has 1 heterocycles. The molecule has 0 saturated heterocycles. The molecule has 3 rings (SSSR count). The molecular weight excluding hydrogens is 350 g/mol. The Balaban J connectivity index is 2.16. The molecule has 7 nitrogen and oxygen atoms in total. The standard InChI is InChI=1S/C17H12F2N2O5/c1-8-15-12(7-14(25-2)16(8)22)20-4-3-13(15)26-17-10(18)5-9(21(23)24)6-11(17)19/h3-7,22H,1-2H3. The molecule has 0 radical (unpaired) electrons. The van der Waals surface area contributed by atoms with Crippen LogP contribution in [0, 0.1) is 28.7 Å². The summed E-state index contributed by atoms with van der Waals surface area (Å²) in [6.45, 7) is 1.57. The topological polar surface area (TPSA) is 94.7 Å². The molecule has 0 spiro atoms. The van der Waals surface area contributed by atoms with Gasteiger partial charge in [0, 0.05) is 23.2 Å². The summed E-state index contributed by atoms with van der Waals surface area (Å²) in [7, 11) is 1.38. The second-order valence-electron chi connectivity index (χ2n) is 5.35. The van der Waals surface area contributed by atoms with Gasteiger partial charge in [-0.2, -0.15) is 0 Å². The molecule has 1 aromatic heterocycles. The van der Waals surface area contributed by atoms with E-state index in [9.17, 15) is 24.0 Å². The Kier molecular flexibility index (Phi) is 4.29. The first kappa shape index (κ1) is 17.3. The van der Waals surface area contributed by atoms with Gasteiger partial charge in [0.2, 0.25) is 0 Å². The van der Waals surface area contributed by atoms with Crippen LogP contribution >= 0.6 is 0 Å². The third kappa shape index (κ3) is 2.83. The number of methoxy groups -OCH3 is 1. The maximum atomic E-state index is 14.1. The number of hydrogen-bond donors (Lipinski definition) is 1. The van der Waals surface area contributed by atoms with Crippen molar-refractivity contribution < 1.29 is 28.3 Å². The van der Waals surface area contributed by atoms with E-state index in [0.717, 1.165) is 0 Å². The number of phenolic OH excluding ortho intramolecular Hbond substituents is 1. The predicted molar refractivity (Wildman–Crippen MR) is 87.8 cm³/mol. The number of nitrogens with zero attached hydrogens (tertiary/aromatic N) is 2. The average molecular weight is 362 g/mol. The van der Waals surface area contributed by atoms with Gasteiger partial charge in [-0.1, -0.05) is 0 Å². The number of aromatic nitrogens is 1.